The topological polar surface area (TPSA) is 43.4 Å². The zero-order valence-corrected chi connectivity index (χ0v) is 11.8. The van der Waals surface area contributed by atoms with Gasteiger partial charge in [-0.25, -0.2) is 0 Å². The van der Waals surface area contributed by atoms with Crippen molar-refractivity contribution in [2.75, 3.05) is 20.8 Å². The summed E-state index contributed by atoms with van der Waals surface area (Å²) < 4.78 is 10.8. The lowest BCUT2D eigenvalue weighted by Gasteiger charge is -2.27. The molecule has 1 rings (SSSR count). The van der Waals surface area contributed by atoms with Gasteiger partial charge >= 0.3 is 0 Å². The lowest BCUT2D eigenvalue weighted by atomic mass is 9.99. The fourth-order valence-electron chi connectivity index (χ4n) is 2.11. The molecular weight excluding hydrogens is 228 g/mol. The Kier molecular flexibility index (Phi) is 6.68. The van der Waals surface area contributed by atoms with Crippen LogP contribution in [0.15, 0.2) is 18.5 Å². The van der Waals surface area contributed by atoms with Gasteiger partial charge in [-0.05, 0) is 24.6 Å². The van der Waals surface area contributed by atoms with E-state index in [-0.39, 0.29) is 12.1 Å². The van der Waals surface area contributed by atoms with Crippen LogP contribution >= 0.6 is 0 Å². The van der Waals surface area contributed by atoms with E-state index in [1.807, 2.05) is 12.3 Å². The molecule has 4 nitrogen and oxygen atoms in total. The van der Waals surface area contributed by atoms with Crippen molar-refractivity contribution < 1.29 is 9.47 Å². The van der Waals surface area contributed by atoms with E-state index in [0.717, 1.165) is 30.7 Å². The van der Waals surface area contributed by atoms with Crippen molar-refractivity contribution in [3.63, 3.8) is 0 Å². The quantitative estimate of drug-likeness (QED) is 0.772. The van der Waals surface area contributed by atoms with Crippen molar-refractivity contribution in [3.8, 4) is 5.75 Å². The number of nitrogens with zero attached hydrogens (tertiary/aromatic N) is 1. The van der Waals surface area contributed by atoms with Crippen LogP contribution in [0.3, 0.4) is 0 Å². The van der Waals surface area contributed by atoms with Crippen LogP contribution in [0.2, 0.25) is 0 Å². The zero-order chi connectivity index (χ0) is 13.4. The molecular formula is C14H24N2O2. The third kappa shape index (κ3) is 3.96. The molecule has 0 saturated heterocycles. The molecule has 0 spiro atoms. The third-order valence-electron chi connectivity index (χ3n) is 3.00. The summed E-state index contributed by atoms with van der Waals surface area (Å²) in [6.07, 6.45) is 5.86. The number of hydrogen-bond acceptors (Lipinski definition) is 4. The van der Waals surface area contributed by atoms with Crippen LogP contribution in [0.5, 0.6) is 5.75 Å². The average Bonchev–Trinajstić information content (AvgIpc) is 2.42. The molecule has 1 heterocycles. The van der Waals surface area contributed by atoms with Gasteiger partial charge in [-0.15, -0.1) is 0 Å². The van der Waals surface area contributed by atoms with Gasteiger partial charge in [0.15, 0.2) is 0 Å². The highest BCUT2D eigenvalue weighted by Gasteiger charge is 2.22. The summed E-state index contributed by atoms with van der Waals surface area (Å²) in [7, 11) is 3.42. The zero-order valence-electron chi connectivity index (χ0n) is 11.8. The molecule has 0 aliphatic carbocycles. The predicted molar refractivity (Wildman–Crippen MR) is 72.9 cm³/mol. The number of methoxy groups -OCH3 is 2. The van der Waals surface area contributed by atoms with E-state index >= 15 is 0 Å². The first kappa shape index (κ1) is 14.9. The summed E-state index contributed by atoms with van der Waals surface area (Å²) in [5.74, 6) is 0.779. The molecule has 0 aromatic carbocycles. The summed E-state index contributed by atoms with van der Waals surface area (Å²) in [6.45, 7) is 5.16. The molecule has 4 heteroatoms. The summed E-state index contributed by atoms with van der Waals surface area (Å²) >= 11 is 0. The van der Waals surface area contributed by atoms with Gasteiger partial charge in [-0.1, -0.05) is 20.3 Å². The highest BCUT2D eigenvalue weighted by molar-refractivity contribution is 5.26. The van der Waals surface area contributed by atoms with Crippen molar-refractivity contribution in [3.05, 3.63) is 24.0 Å². The van der Waals surface area contributed by atoms with E-state index in [2.05, 4.69) is 24.1 Å². The second-order valence-electron chi connectivity index (χ2n) is 4.26. The first-order valence-electron chi connectivity index (χ1n) is 6.51. The third-order valence-corrected chi connectivity index (χ3v) is 3.00. The molecule has 1 N–H and O–H groups in total. The van der Waals surface area contributed by atoms with Crippen LogP contribution in [-0.2, 0) is 4.74 Å². The Bertz CT molecular complexity index is 344. The molecule has 2 atom stereocenters. The molecule has 0 saturated carbocycles. The summed E-state index contributed by atoms with van der Waals surface area (Å²) in [5.41, 5.74) is 1.11. The number of pyridine rings is 1. The van der Waals surface area contributed by atoms with Gasteiger partial charge in [0.1, 0.15) is 5.75 Å². The van der Waals surface area contributed by atoms with Crippen LogP contribution in [0.25, 0.3) is 0 Å². The molecule has 1 aromatic heterocycles. The fraction of sp³-hybridized carbons (Fsp3) is 0.643. The second kappa shape index (κ2) is 8.06. The maximum Gasteiger partial charge on any atom is 0.137 e. The fourth-order valence-corrected chi connectivity index (χ4v) is 2.11. The first-order chi connectivity index (χ1) is 8.76. The van der Waals surface area contributed by atoms with Crippen molar-refractivity contribution >= 4 is 0 Å². The Labute approximate surface area is 110 Å². The molecule has 0 aliphatic rings. The Morgan fingerprint density at radius 1 is 1.28 bits per heavy atom. The van der Waals surface area contributed by atoms with E-state index < -0.39 is 0 Å². The van der Waals surface area contributed by atoms with Crippen LogP contribution < -0.4 is 10.1 Å². The van der Waals surface area contributed by atoms with E-state index in [0.29, 0.717) is 0 Å². The Morgan fingerprint density at radius 2 is 2.06 bits per heavy atom. The monoisotopic (exact) mass is 252 g/mol. The van der Waals surface area contributed by atoms with Crippen LogP contribution in [0.1, 0.15) is 38.3 Å². The average molecular weight is 252 g/mol. The van der Waals surface area contributed by atoms with Crippen LogP contribution in [0, 0.1) is 0 Å². The molecule has 0 bridgehead atoms. The number of likely N-dealkylation sites (N-methyl/N-ethyl adjacent to an activating group) is 1. The Hall–Kier alpha value is -1.13. The molecule has 0 aliphatic heterocycles. The standard InChI is InChI=1S/C14H24N2O2/c1-5-7-13(18-4)14(16-6-2)11-8-12(17-3)10-15-9-11/h8-10,13-14,16H,5-7H2,1-4H3. The molecule has 1 aromatic rings. The van der Waals surface area contributed by atoms with Gasteiger partial charge in [0, 0.05) is 13.3 Å². The maximum absolute atomic E-state index is 5.60. The molecule has 2 unspecified atom stereocenters. The normalized spacial score (nSPS) is 14.2. The maximum atomic E-state index is 5.60. The van der Waals surface area contributed by atoms with Crippen molar-refractivity contribution in [2.24, 2.45) is 0 Å². The second-order valence-corrected chi connectivity index (χ2v) is 4.26. The molecule has 102 valence electrons. The highest BCUT2D eigenvalue weighted by atomic mass is 16.5. The summed E-state index contributed by atoms with van der Waals surface area (Å²) in [6, 6.07) is 2.17. The van der Waals surface area contributed by atoms with Crippen LogP contribution in [-0.4, -0.2) is 31.9 Å². The minimum absolute atomic E-state index is 0.155. The minimum atomic E-state index is 0.155. The number of rotatable bonds is 8. The Balaban J connectivity index is 2.93. The number of aromatic nitrogens is 1. The smallest absolute Gasteiger partial charge is 0.137 e. The number of hydrogen-bond donors (Lipinski definition) is 1. The summed E-state index contributed by atoms with van der Waals surface area (Å²) in [5, 5.41) is 3.47. The number of nitrogens with one attached hydrogen (secondary N) is 1. The molecule has 18 heavy (non-hydrogen) atoms. The lowest BCUT2D eigenvalue weighted by molar-refractivity contribution is 0.0609. The highest BCUT2D eigenvalue weighted by Crippen LogP contribution is 2.24. The minimum Gasteiger partial charge on any atom is -0.495 e. The van der Waals surface area contributed by atoms with Gasteiger partial charge in [0.05, 0.1) is 25.5 Å². The van der Waals surface area contributed by atoms with E-state index in [4.69, 9.17) is 9.47 Å². The SMILES string of the molecule is CCCC(OC)C(NCC)c1cncc(OC)c1. The van der Waals surface area contributed by atoms with E-state index in [9.17, 15) is 0 Å². The van der Waals surface area contributed by atoms with Crippen molar-refractivity contribution in [2.45, 2.75) is 38.8 Å². The van der Waals surface area contributed by atoms with Crippen LogP contribution in [0.4, 0.5) is 0 Å². The van der Waals surface area contributed by atoms with Crippen molar-refractivity contribution in [1.82, 2.24) is 10.3 Å². The largest absolute Gasteiger partial charge is 0.495 e. The lowest BCUT2D eigenvalue weighted by Crippen LogP contribution is -2.33. The Morgan fingerprint density at radius 3 is 2.61 bits per heavy atom. The van der Waals surface area contributed by atoms with Gasteiger partial charge in [-0.2, -0.15) is 0 Å². The van der Waals surface area contributed by atoms with Gasteiger partial charge in [-0.3, -0.25) is 4.98 Å². The number of ether oxygens (including phenoxy) is 2. The van der Waals surface area contributed by atoms with E-state index in [1.54, 1.807) is 20.4 Å². The summed E-state index contributed by atoms with van der Waals surface area (Å²) in [4.78, 5) is 4.21. The van der Waals surface area contributed by atoms with E-state index in [1.165, 1.54) is 0 Å². The first-order valence-corrected chi connectivity index (χ1v) is 6.51. The van der Waals surface area contributed by atoms with Gasteiger partial charge in [0.25, 0.3) is 0 Å². The van der Waals surface area contributed by atoms with Crippen molar-refractivity contribution in [1.29, 1.82) is 0 Å². The molecule has 0 radical (unpaired) electrons. The van der Waals surface area contributed by atoms with Gasteiger partial charge in [0.2, 0.25) is 0 Å². The predicted octanol–water partition coefficient (Wildman–Crippen LogP) is 2.56. The molecule has 0 amide bonds. The van der Waals surface area contributed by atoms with Gasteiger partial charge < -0.3 is 14.8 Å². The molecule has 0 fully saturated rings.